The Bertz CT molecular complexity index is 405. The van der Waals surface area contributed by atoms with Crippen molar-refractivity contribution in [1.29, 1.82) is 0 Å². The van der Waals surface area contributed by atoms with Gasteiger partial charge in [0.15, 0.2) is 0 Å². The predicted octanol–water partition coefficient (Wildman–Crippen LogP) is 3.01. The van der Waals surface area contributed by atoms with Gasteiger partial charge in [-0.25, -0.2) is 0 Å². The average Bonchev–Trinajstić information content (AvgIpc) is 2.45. The molecule has 0 aromatic heterocycles. The number of nitrogens with zero attached hydrogens (tertiary/aromatic N) is 1. The molecule has 106 valence electrons. The summed E-state index contributed by atoms with van der Waals surface area (Å²) < 4.78 is 0. The number of phenolic OH excluding ortho intramolecular Hbond substituents is 1. The maximum atomic E-state index is 10.2. The largest absolute Gasteiger partial charge is 0.508 e. The van der Waals surface area contributed by atoms with Crippen LogP contribution in [0.25, 0.3) is 0 Å². The minimum atomic E-state index is 0.200. The summed E-state index contributed by atoms with van der Waals surface area (Å²) in [6, 6.07) is 6.30. The Morgan fingerprint density at radius 3 is 2.74 bits per heavy atom. The van der Waals surface area contributed by atoms with E-state index >= 15 is 0 Å². The van der Waals surface area contributed by atoms with Gasteiger partial charge in [-0.1, -0.05) is 13.0 Å². The van der Waals surface area contributed by atoms with Gasteiger partial charge in [-0.2, -0.15) is 11.8 Å². The number of rotatable bonds is 5. The highest BCUT2D eigenvalue weighted by atomic mass is 32.2. The van der Waals surface area contributed by atoms with E-state index in [0.29, 0.717) is 5.75 Å². The van der Waals surface area contributed by atoms with Crippen LogP contribution < -0.4 is 10.2 Å². The standard InChI is InChI=1S/C15H24N2OS/c1-3-6-16-12(2)14-5-4-13(11-15(14)18)17-7-9-19-10-8-17/h4-5,11-12,16,18H,3,6-10H2,1-2H3. The van der Waals surface area contributed by atoms with E-state index in [4.69, 9.17) is 0 Å². The van der Waals surface area contributed by atoms with Crippen LogP contribution in [-0.2, 0) is 0 Å². The van der Waals surface area contributed by atoms with Gasteiger partial charge in [0.2, 0.25) is 0 Å². The van der Waals surface area contributed by atoms with Gasteiger partial charge in [0.25, 0.3) is 0 Å². The summed E-state index contributed by atoms with van der Waals surface area (Å²) in [5, 5.41) is 13.6. The summed E-state index contributed by atoms with van der Waals surface area (Å²) in [6.07, 6.45) is 1.11. The number of anilines is 1. The maximum Gasteiger partial charge on any atom is 0.122 e. The quantitative estimate of drug-likeness (QED) is 0.869. The monoisotopic (exact) mass is 280 g/mol. The van der Waals surface area contributed by atoms with E-state index in [1.165, 1.54) is 11.5 Å². The summed E-state index contributed by atoms with van der Waals surface area (Å²) in [6.45, 7) is 7.38. The molecule has 1 aromatic rings. The molecular weight excluding hydrogens is 256 g/mol. The van der Waals surface area contributed by atoms with Crippen molar-refractivity contribution in [3.8, 4) is 5.75 Å². The van der Waals surface area contributed by atoms with Gasteiger partial charge < -0.3 is 15.3 Å². The third kappa shape index (κ3) is 3.80. The van der Waals surface area contributed by atoms with E-state index in [1.54, 1.807) is 0 Å². The predicted molar refractivity (Wildman–Crippen MR) is 84.4 cm³/mol. The Morgan fingerprint density at radius 1 is 1.37 bits per heavy atom. The van der Waals surface area contributed by atoms with Gasteiger partial charge in [-0.15, -0.1) is 0 Å². The zero-order valence-electron chi connectivity index (χ0n) is 11.9. The molecule has 1 aliphatic rings. The van der Waals surface area contributed by atoms with Crippen LogP contribution in [0.5, 0.6) is 5.75 Å². The minimum absolute atomic E-state index is 0.200. The van der Waals surface area contributed by atoms with Crippen molar-refractivity contribution in [3.63, 3.8) is 0 Å². The molecule has 1 fully saturated rings. The fourth-order valence-electron chi connectivity index (χ4n) is 2.39. The molecule has 1 saturated heterocycles. The topological polar surface area (TPSA) is 35.5 Å². The first-order valence-corrected chi connectivity index (χ1v) is 8.27. The lowest BCUT2D eigenvalue weighted by Crippen LogP contribution is -2.32. The maximum absolute atomic E-state index is 10.2. The molecule has 0 aliphatic carbocycles. The first kappa shape index (κ1) is 14.5. The van der Waals surface area contributed by atoms with Crippen LogP contribution in [0, 0.1) is 0 Å². The zero-order chi connectivity index (χ0) is 13.7. The molecule has 1 aromatic carbocycles. The van der Waals surface area contributed by atoms with Gasteiger partial charge in [0, 0.05) is 48.0 Å². The lowest BCUT2D eigenvalue weighted by Gasteiger charge is -2.29. The number of hydrogen-bond donors (Lipinski definition) is 2. The van der Waals surface area contributed by atoms with Crippen LogP contribution in [0.4, 0.5) is 5.69 Å². The minimum Gasteiger partial charge on any atom is -0.508 e. The van der Waals surface area contributed by atoms with Crippen LogP contribution >= 0.6 is 11.8 Å². The summed E-state index contributed by atoms with van der Waals surface area (Å²) in [7, 11) is 0. The Kier molecular flexibility index (Phi) is 5.40. The number of thioether (sulfide) groups is 1. The molecule has 1 atom stereocenters. The second-order valence-electron chi connectivity index (χ2n) is 5.02. The van der Waals surface area contributed by atoms with Crippen molar-refractivity contribution in [3.05, 3.63) is 23.8 Å². The summed E-state index contributed by atoms with van der Waals surface area (Å²) in [5.74, 6) is 2.76. The van der Waals surface area contributed by atoms with Crippen molar-refractivity contribution in [1.82, 2.24) is 5.32 Å². The van der Waals surface area contributed by atoms with Crippen LogP contribution in [0.1, 0.15) is 31.9 Å². The normalized spacial score (nSPS) is 17.5. The second kappa shape index (κ2) is 7.06. The van der Waals surface area contributed by atoms with Crippen molar-refractivity contribution in [2.75, 3.05) is 36.0 Å². The molecule has 3 nitrogen and oxygen atoms in total. The second-order valence-corrected chi connectivity index (χ2v) is 6.24. The van der Waals surface area contributed by atoms with Crippen molar-refractivity contribution < 1.29 is 5.11 Å². The van der Waals surface area contributed by atoms with Gasteiger partial charge in [0.1, 0.15) is 5.75 Å². The third-order valence-electron chi connectivity index (χ3n) is 3.56. The lowest BCUT2D eigenvalue weighted by molar-refractivity contribution is 0.452. The van der Waals surface area contributed by atoms with Gasteiger partial charge >= 0.3 is 0 Å². The molecule has 1 unspecified atom stereocenters. The van der Waals surface area contributed by atoms with E-state index in [0.717, 1.165) is 37.3 Å². The Morgan fingerprint density at radius 2 is 2.11 bits per heavy atom. The highest BCUT2D eigenvalue weighted by Gasteiger charge is 2.15. The molecule has 0 amide bonds. The first-order valence-electron chi connectivity index (χ1n) is 7.11. The molecule has 0 bridgehead atoms. The summed E-state index contributed by atoms with van der Waals surface area (Å²) in [5.41, 5.74) is 2.13. The van der Waals surface area contributed by atoms with E-state index in [2.05, 4.69) is 36.2 Å². The number of nitrogens with one attached hydrogen (secondary N) is 1. The van der Waals surface area contributed by atoms with Gasteiger partial charge in [-0.05, 0) is 26.0 Å². The van der Waals surface area contributed by atoms with Crippen LogP contribution in [0.15, 0.2) is 18.2 Å². The SMILES string of the molecule is CCCNC(C)c1ccc(N2CCSCC2)cc1O. The van der Waals surface area contributed by atoms with Crippen molar-refractivity contribution >= 4 is 17.4 Å². The number of phenols is 1. The smallest absolute Gasteiger partial charge is 0.122 e. The summed E-state index contributed by atoms with van der Waals surface area (Å²) in [4.78, 5) is 2.35. The number of hydrogen-bond acceptors (Lipinski definition) is 4. The van der Waals surface area contributed by atoms with Crippen molar-refractivity contribution in [2.24, 2.45) is 0 Å². The Hall–Kier alpha value is -0.870. The number of aromatic hydroxyl groups is 1. The fourth-order valence-corrected chi connectivity index (χ4v) is 3.29. The highest BCUT2D eigenvalue weighted by Crippen LogP contribution is 2.30. The van der Waals surface area contributed by atoms with Gasteiger partial charge in [-0.3, -0.25) is 0 Å². The molecule has 0 saturated carbocycles. The first-order chi connectivity index (χ1) is 9.22. The molecule has 2 rings (SSSR count). The molecule has 1 aliphatic heterocycles. The van der Waals surface area contributed by atoms with E-state index in [9.17, 15) is 5.11 Å². The molecule has 0 spiro atoms. The van der Waals surface area contributed by atoms with E-state index < -0.39 is 0 Å². The highest BCUT2D eigenvalue weighted by molar-refractivity contribution is 7.99. The fraction of sp³-hybridized carbons (Fsp3) is 0.600. The van der Waals surface area contributed by atoms with Gasteiger partial charge in [0.05, 0.1) is 0 Å². The molecule has 0 radical (unpaired) electrons. The molecule has 19 heavy (non-hydrogen) atoms. The van der Waals surface area contributed by atoms with Crippen LogP contribution in [-0.4, -0.2) is 36.2 Å². The lowest BCUT2D eigenvalue weighted by atomic mass is 10.1. The van der Waals surface area contributed by atoms with E-state index in [-0.39, 0.29) is 6.04 Å². The molecular formula is C15H24N2OS. The number of benzene rings is 1. The molecule has 4 heteroatoms. The van der Waals surface area contributed by atoms with Crippen LogP contribution in [0.3, 0.4) is 0 Å². The zero-order valence-corrected chi connectivity index (χ0v) is 12.7. The molecule has 1 heterocycles. The summed E-state index contributed by atoms with van der Waals surface area (Å²) >= 11 is 2.00. The third-order valence-corrected chi connectivity index (χ3v) is 4.50. The van der Waals surface area contributed by atoms with Crippen molar-refractivity contribution in [2.45, 2.75) is 26.3 Å². The average molecular weight is 280 g/mol. The van der Waals surface area contributed by atoms with E-state index in [1.807, 2.05) is 17.8 Å². The Balaban J connectivity index is 2.07. The van der Waals surface area contributed by atoms with Crippen LogP contribution in [0.2, 0.25) is 0 Å². The molecule has 2 N–H and O–H groups in total. The Labute approximate surface area is 120 Å².